The Hall–Kier alpha value is -1.76. The Morgan fingerprint density at radius 3 is 2.41 bits per heavy atom. The second-order valence-electron chi connectivity index (χ2n) is 9.33. The SMILES string of the molecule is CC1=C/C(=C\C=Cc2ccc(N(C)C)cc2)C2C(C)CCC(C(C)C)CC12. The van der Waals surface area contributed by atoms with E-state index < -0.39 is 0 Å². The van der Waals surface area contributed by atoms with E-state index in [2.05, 4.69) is 95.3 Å². The van der Waals surface area contributed by atoms with E-state index in [0.29, 0.717) is 0 Å². The minimum absolute atomic E-state index is 0.717. The van der Waals surface area contributed by atoms with E-state index in [4.69, 9.17) is 0 Å². The normalized spacial score (nSPS) is 29.9. The first-order valence-electron chi connectivity index (χ1n) is 10.7. The summed E-state index contributed by atoms with van der Waals surface area (Å²) in [5.74, 6) is 3.95. The third-order valence-corrected chi connectivity index (χ3v) is 6.89. The van der Waals surface area contributed by atoms with Crippen molar-refractivity contribution < 1.29 is 0 Å². The molecular weight excluding hydrogens is 326 g/mol. The number of rotatable bonds is 4. The van der Waals surface area contributed by atoms with Crippen molar-refractivity contribution in [3.05, 3.63) is 59.2 Å². The third kappa shape index (κ3) is 4.57. The number of fused-ring (bicyclic) bond motifs is 1. The number of allylic oxidation sites excluding steroid dienone is 5. The van der Waals surface area contributed by atoms with Crippen LogP contribution in [0.1, 0.15) is 52.5 Å². The zero-order valence-electron chi connectivity index (χ0n) is 18.1. The molecule has 2 aliphatic carbocycles. The van der Waals surface area contributed by atoms with E-state index in [1.54, 1.807) is 11.1 Å². The van der Waals surface area contributed by atoms with E-state index >= 15 is 0 Å². The Labute approximate surface area is 166 Å². The molecule has 1 aromatic carbocycles. The van der Waals surface area contributed by atoms with Gasteiger partial charge >= 0.3 is 0 Å². The van der Waals surface area contributed by atoms with Crippen molar-refractivity contribution >= 4 is 11.8 Å². The maximum Gasteiger partial charge on any atom is 0.0361 e. The number of hydrogen-bond acceptors (Lipinski definition) is 1. The molecule has 0 aliphatic heterocycles. The molecule has 0 saturated heterocycles. The molecule has 1 nitrogen and oxygen atoms in total. The Morgan fingerprint density at radius 2 is 1.78 bits per heavy atom. The van der Waals surface area contributed by atoms with Crippen LogP contribution in [0.2, 0.25) is 0 Å². The molecule has 0 amide bonds. The molecule has 0 bridgehead atoms. The minimum atomic E-state index is 0.717. The van der Waals surface area contributed by atoms with Crippen molar-refractivity contribution in [1.29, 1.82) is 0 Å². The number of hydrogen-bond donors (Lipinski definition) is 0. The monoisotopic (exact) mass is 363 g/mol. The predicted octanol–water partition coefficient (Wildman–Crippen LogP) is 6.98. The highest BCUT2D eigenvalue weighted by Gasteiger charge is 2.39. The number of anilines is 1. The molecule has 0 heterocycles. The van der Waals surface area contributed by atoms with Crippen LogP contribution in [0.15, 0.2) is 53.6 Å². The average Bonchev–Trinajstić information content (AvgIpc) is 2.82. The summed E-state index contributed by atoms with van der Waals surface area (Å²) in [6.45, 7) is 9.65. The summed E-state index contributed by atoms with van der Waals surface area (Å²) in [7, 11) is 4.16. The Balaban J connectivity index is 1.76. The van der Waals surface area contributed by atoms with Gasteiger partial charge in [0.2, 0.25) is 0 Å². The molecule has 0 N–H and O–H groups in total. The standard InChI is InChI=1S/C26H37N/c1-18(2)22-13-10-19(3)26-23(16-20(4)25(26)17-22)9-7-8-21-11-14-24(15-12-21)27(5)6/h7-9,11-12,14-16,18-19,22,25-26H,10,13,17H2,1-6H3/b8-7?,23-9+. The van der Waals surface area contributed by atoms with Crippen molar-refractivity contribution in [2.45, 2.75) is 47.0 Å². The molecule has 1 fully saturated rings. The van der Waals surface area contributed by atoms with E-state index in [0.717, 1.165) is 29.6 Å². The van der Waals surface area contributed by atoms with Gasteiger partial charge in [0.15, 0.2) is 0 Å². The highest BCUT2D eigenvalue weighted by atomic mass is 15.1. The number of benzene rings is 1. The van der Waals surface area contributed by atoms with Gasteiger partial charge in [0, 0.05) is 19.8 Å². The fraction of sp³-hybridized carbons (Fsp3) is 0.538. The molecule has 0 aromatic heterocycles. The van der Waals surface area contributed by atoms with Crippen LogP contribution in [0.3, 0.4) is 0 Å². The quantitative estimate of drug-likeness (QED) is 0.558. The lowest BCUT2D eigenvalue weighted by atomic mass is 9.77. The Bertz CT molecular complexity index is 717. The smallest absolute Gasteiger partial charge is 0.0361 e. The summed E-state index contributed by atoms with van der Waals surface area (Å²) >= 11 is 0. The Kier molecular flexibility index (Phi) is 6.29. The summed E-state index contributed by atoms with van der Waals surface area (Å²) in [5.41, 5.74) is 5.67. The average molecular weight is 364 g/mol. The van der Waals surface area contributed by atoms with Crippen LogP contribution in [0, 0.1) is 29.6 Å². The molecule has 0 radical (unpaired) electrons. The molecule has 2 aliphatic rings. The molecule has 4 atom stereocenters. The van der Waals surface area contributed by atoms with Gasteiger partial charge in [-0.25, -0.2) is 0 Å². The van der Waals surface area contributed by atoms with Crippen LogP contribution in [0.25, 0.3) is 6.08 Å². The molecule has 0 spiro atoms. The highest BCUT2D eigenvalue weighted by molar-refractivity contribution is 5.57. The molecule has 4 unspecified atom stereocenters. The van der Waals surface area contributed by atoms with Crippen LogP contribution in [0.5, 0.6) is 0 Å². The van der Waals surface area contributed by atoms with Gasteiger partial charge in [-0.2, -0.15) is 0 Å². The molecular formula is C26H37N. The highest BCUT2D eigenvalue weighted by Crippen LogP contribution is 2.49. The first kappa shape index (κ1) is 20.0. The lowest BCUT2D eigenvalue weighted by molar-refractivity contribution is 0.299. The fourth-order valence-corrected chi connectivity index (χ4v) is 5.06. The number of nitrogens with zero attached hydrogens (tertiary/aromatic N) is 1. The van der Waals surface area contributed by atoms with Gasteiger partial charge in [-0.1, -0.05) is 62.8 Å². The molecule has 1 aromatic rings. The van der Waals surface area contributed by atoms with Gasteiger partial charge in [-0.3, -0.25) is 0 Å². The van der Waals surface area contributed by atoms with Crippen LogP contribution in [-0.2, 0) is 0 Å². The van der Waals surface area contributed by atoms with Crippen LogP contribution in [0.4, 0.5) is 5.69 Å². The van der Waals surface area contributed by atoms with Crippen molar-refractivity contribution in [3.8, 4) is 0 Å². The molecule has 3 rings (SSSR count). The largest absolute Gasteiger partial charge is 0.378 e. The second kappa shape index (κ2) is 8.50. The first-order chi connectivity index (χ1) is 12.9. The maximum atomic E-state index is 2.48. The predicted molar refractivity (Wildman–Crippen MR) is 120 cm³/mol. The van der Waals surface area contributed by atoms with Gasteiger partial charge in [-0.15, -0.1) is 0 Å². The van der Waals surface area contributed by atoms with E-state index in [9.17, 15) is 0 Å². The summed E-state index contributed by atoms with van der Waals surface area (Å²) < 4.78 is 0. The van der Waals surface area contributed by atoms with E-state index in [1.807, 2.05) is 0 Å². The molecule has 1 heteroatoms. The summed E-state index contributed by atoms with van der Waals surface area (Å²) in [6.07, 6.45) is 13.5. The molecule has 27 heavy (non-hydrogen) atoms. The Morgan fingerprint density at radius 1 is 1.07 bits per heavy atom. The van der Waals surface area contributed by atoms with Gasteiger partial charge in [-0.05, 0) is 79.0 Å². The van der Waals surface area contributed by atoms with Crippen LogP contribution in [-0.4, -0.2) is 14.1 Å². The van der Waals surface area contributed by atoms with Gasteiger partial charge < -0.3 is 4.90 Å². The van der Waals surface area contributed by atoms with Gasteiger partial charge in [0.05, 0.1) is 0 Å². The second-order valence-corrected chi connectivity index (χ2v) is 9.33. The molecule has 146 valence electrons. The van der Waals surface area contributed by atoms with Crippen LogP contribution >= 0.6 is 0 Å². The van der Waals surface area contributed by atoms with E-state index in [-0.39, 0.29) is 0 Å². The fourth-order valence-electron chi connectivity index (χ4n) is 5.06. The molecule has 1 saturated carbocycles. The van der Waals surface area contributed by atoms with Gasteiger partial charge in [0.25, 0.3) is 0 Å². The lowest BCUT2D eigenvalue weighted by Gasteiger charge is -2.27. The van der Waals surface area contributed by atoms with Gasteiger partial charge in [0.1, 0.15) is 0 Å². The van der Waals surface area contributed by atoms with Crippen molar-refractivity contribution in [2.75, 3.05) is 19.0 Å². The minimum Gasteiger partial charge on any atom is -0.378 e. The first-order valence-corrected chi connectivity index (χ1v) is 10.7. The zero-order valence-corrected chi connectivity index (χ0v) is 18.1. The third-order valence-electron chi connectivity index (χ3n) is 6.89. The zero-order chi connectivity index (χ0) is 19.6. The van der Waals surface area contributed by atoms with Crippen molar-refractivity contribution in [1.82, 2.24) is 0 Å². The van der Waals surface area contributed by atoms with Crippen LogP contribution < -0.4 is 4.90 Å². The lowest BCUT2D eigenvalue weighted by Crippen LogP contribution is -2.19. The van der Waals surface area contributed by atoms with Crippen molar-refractivity contribution in [3.63, 3.8) is 0 Å². The van der Waals surface area contributed by atoms with E-state index in [1.165, 1.54) is 30.5 Å². The summed E-state index contributed by atoms with van der Waals surface area (Å²) in [5, 5.41) is 0. The summed E-state index contributed by atoms with van der Waals surface area (Å²) in [6, 6.07) is 8.76. The topological polar surface area (TPSA) is 3.24 Å². The van der Waals surface area contributed by atoms with Crippen molar-refractivity contribution in [2.24, 2.45) is 29.6 Å². The summed E-state index contributed by atoms with van der Waals surface area (Å²) in [4.78, 5) is 2.14. The maximum absolute atomic E-state index is 2.48.